The van der Waals surface area contributed by atoms with Gasteiger partial charge in [0.15, 0.2) is 0 Å². The average molecular weight is 561 g/mol. The van der Waals surface area contributed by atoms with E-state index in [4.69, 9.17) is 0 Å². The number of aliphatic hydroxyl groups excluding tert-OH is 1. The Bertz CT molecular complexity index is 1180. The van der Waals surface area contributed by atoms with Crippen LogP contribution in [0.1, 0.15) is 68.6 Å². The third-order valence-electron chi connectivity index (χ3n) is 7.19. The lowest BCUT2D eigenvalue weighted by atomic mass is 9.93. The summed E-state index contributed by atoms with van der Waals surface area (Å²) in [5.41, 5.74) is 0.254. The summed E-state index contributed by atoms with van der Waals surface area (Å²) in [7, 11) is -3.70. The van der Waals surface area contributed by atoms with E-state index in [1.54, 1.807) is 0 Å². The minimum absolute atomic E-state index is 0.0436. The second-order valence-corrected chi connectivity index (χ2v) is 12.0. The monoisotopic (exact) mass is 560 g/mol. The quantitative estimate of drug-likeness (QED) is 0.212. The molecule has 214 valence electrons. The third-order valence-corrected chi connectivity index (χ3v) is 8.60. The summed E-state index contributed by atoms with van der Waals surface area (Å²) in [5.74, 6) is 0.909. The van der Waals surface area contributed by atoms with Crippen molar-refractivity contribution in [2.24, 2.45) is 5.92 Å². The molecular weight excluding hydrogens is 520 g/mol. The van der Waals surface area contributed by atoms with Crippen molar-refractivity contribution in [3.8, 4) is 0 Å². The maximum Gasteiger partial charge on any atom is 0.262 e. The molecule has 0 bridgehead atoms. The first-order valence-electron chi connectivity index (χ1n) is 13.9. The van der Waals surface area contributed by atoms with Crippen molar-refractivity contribution in [3.63, 3.8) is 0 Å². The number of hydrogen-bond acceptors (Lipinski definition) is 10. The first kappa shape index (κ1) is 29.1. The minimum atomic E-state index is -3.70. The molecule has 2 fully saturated rings. The largest absolute Gasteiger partial charge is 0.393 e. The Labute approximate surface area is 230 Å². The fraction of sp³-hybridized carbons (Fsp3) is 0.615. The predicted molar refractivity (Wildman–Crippen MR) is 150 cm³/mol. The van der Waals surface area contributed by atoms with Gasteiger partial charge in [0, 0.05) is 31.5 Å². The van der Waals surface area contributed by atoms with Crippen LogP contribution in [0.25, 0.3) is 0 Å². The first-order valence-corrected chi connectivity index (χ1v) is 15.4. The number of hydrogen-bond donors (Lipinski definition) is 6. The van der Waals surface area contributed by atoms with E-state index in [0.29, 0.717) is 37.1 Å². The lowest BCUT2D eigenvalue weighted by Crippen LogP contribution is -2.36. The molecule has 0 aromatic carbocycles. The highest BCUT2D eigenvalue weighted by Gasteiger charge is 2.24. The van der Waals surface area contributed by atoms with E-state index in [9.17, 15) is 18.3 Å². The van der Waals surface area contributed by atoms with E-state index >= 15 is 0 Å². The summed E-state index contributed by atoms with van der Waals surface area (Å²) < 4.78 is 28.1. The van der Waals surface area contributed by atoms with Crippen molar-refractivity contribution in [2.45, 2.75) is 75.3 Å². The van der Waals surface area contributed by atoms with Gasteiger partial charge in [0.2, 0.25) is 16.0 Å². The third kappa shape index (κ3) is 8.56. The molecule has 0 atom stereocenters. The standard InChI is InChI=1S/C26H40N8O4S/c1-2-3-12-28-26-30-17-22(24(34-26)32-19-4-6-20(35)7-5-19)25(36)33-23-9-8-21(16-29-23)39(37,38)31-15-18-10-13-27-14-11-18/h8-9,16-20,27,31,35H,2-7,10-15H2,1H3,(H,29,33,36)(H2,28,30,32,34). The summed E-state index contributed by atoms with van der Waals surface area (Å²) >= 11 is 0. The molecule has 4 rings (SSSR count). The second kappa shape index (κ2) is 14.0. The number of carbonyl (C=O) groups is 1. The van der Waals surface area contributed by atoms with Crippen LogP contribution >= 0.6 is 0 Å². The molecule has 1 aliphatic heterocycles. The average Bonchev–Trinajstić information content (AvgIpc) is 2.94. The van der Waals surface area contributed by atoms with Crippen molar-refractivity contribution in [3.05, 3.63) is 30.1 Å². The lowest BCUT2D eigenvalue weighted by Gasteiger charge is -2.27. The summed E-state index contributed by atoms with van der Waals surface area (Å²) in [6.45, 7) is 5.01. The van der Waals surface area contributed by atoms with Gasteiger partial charge in [0.25, 0.3) is 5.91 Å². The molecule has 0 spiro atoms. The molecule has 0 radical (unpaired) electrons. The molecule has 2 aromatic rings. The normalized spacial score (nSPS) is 20.4. The van der Waals surface area contributed by atoms with Gasteiger partial charge in [0.05, 0.1) is 6.10 Å². The summed E-state index contributed by atoms with van der Waals surface area (Å²) in [6.07, 6.45) is 9.22. The number of nitrogens with one attached hydrogen (secondary N) is 5. The number of piperidine rings is 1. The van der Waals surface area contributed by atoms with Crippen LogP contribution in [0.2, 0.25) is 0 Å². The van der Waals surface area contributed by atoms with Gasteiger partial charge in [-0.3, -0.25) is 4.79 Å². The van der Waals surface area contributed by atoms with Crippen molar-refractivity contribution >= 4 is 33.5 Å². The molecule has 13 heteroatoms. The molecule has 3 heterocycles. The van der Waals surface area contributed by atoms with Gasteiger partial charge in [-0.25, -0.2) is 23.1 Å². The Morgan fingerprint density at radius 1 is 1.08 bits per heavy atom. The number of nitrogens with zero attached hydrogens (tertiary/aromatic N) is 3. The van der Waals surface area contributed by atoms with E-state index in [1.165, 1.54) is 24.5 Å². The highest BCUT2D eigenvalue weighted by molar-refractivity contribution is 7.89. The molecule has 6 N–H and O–H groups in total. The molecule has 0 unspecified atom stereocenters. The van der Waals surface area contributed by atoms with Crippen LogP contribution in [0.4, 0.5) is 17.6 Å². The second-order valence-electron chi connectivity index (χ2n) is 10.3. The van der Waals surface area contributed by atoms with E-state index < -0.39 is 15.9 Å². The number of amides is 1. The zero-order valence-electron chi connectivity index (χ0n) is 22.4. The first-order chi connectivity index (χ1) is 18.8. The highest BCUT2D eigenvalue weighted by atomic mass is 32.2. The summed E-state index contributed by atoms with van der Waals surface area (Å²) in [5, 5.41) is 22.4. The maximum absolute atomic E-state index is 13.2. The van der Waals surface area contributed by atoms with Crippen LogP contribution in [0.3, 0.4) is 0 Å². The van der Waals surface area contributed by atoms with Crippen LogP contribution in [-0.2, 0) is 10.0 Å². The molecule has 1 aliphatic carbocycles. The smallest absolute Gasteiger partial charge is 0.262 e. The number of rotatable bonds is 12. The zero-order chi connectivity index (χ0) is 27.7. The number of sulfonamides is 1. The van der Waals surface area contributed by atoms with Crippen molar-refractivity contribution in [1.29, 1.82) is 0 Å². The lowest BCUT2D eigenvalue weighted by molar-refractivity contribution is 0.102. The number of unbranched alkanes of at least 4 members (excludes halogenated alkanes) is 1. The minimum Gasteiger partial charge on any atom is -0.393 e. The molecule has 2 aliphatic rings. The molecule has 2 aromatic heterocycles. The van der Waals surface area contributed by atoms with Crippen molar-refractivity contribution in [1.82, 2.24) is 25.0 Å². The van der Waals surface area contributed by atoms with E-state index in [-0.39, 0.29) is 28.4 Å². The molecule has 12 nitrogen and oxygen atoms in total. The van der Waals surface area contributed by atoms with Crippen LogP contribution in [-0.4, -0.2) is 72.7 Å². The van der Waals surface area contributed by atoms with Gasteiger partial charge in [-0.05, 0) is 76.1 Å². The SMILES string of the molecule is CCCCNc1ncc(C(=O)Nc2ccc(S(=O)(=O)NCC3CCNCC3)cn2)c(NC2CCC(O)CC2)n1. The van der Waals surface area contributed by atoms with Crippen LogP contribution in [0, 0.1) is 5.92 Å². The Hall–Kier alpha value is -2.87. The molecule has 1 saturated carbocycles. The van der Waals surface area contributed by atoms with Gasteiger partial charge in [0.1, 0.15) is 22.1 Å². The van der Waals surface area contributed by atoms with Crippen LogP contribution in [0.5, 0.6) is 0 Å². The van der Waals surface area contributed by atoms with Gasteiger partial charge in [-0.15, -0.1) is 0 Å². The topological polar surface area (TPSA) is 170 Å². The number of aliphatic hydroxyl groups is 1. The van der Waals surface area contributed by atoms with E-state index in [1.807, 2.05) is 0 Å². The van der Waals surface area contributed by atoms with E-state index in [0.717, 1.165) is 58.2 Å². The van der Waals surface area contributed by atoms with Gasteiger partial charge in [-0.1, -0.05) is 13.3 Å². The van der Waals surface area contributed by atoms with Crippen LogP contribution in [0.15, 0.2) is 29.4 Å². The van der Waals surface area contributed by atoms with Gasteiger partial charge < -0.3 is 26.4 Å². The fourth-order valence-electron chi connectivity index (χ4n) is 4.73. The number of carbonyl (C=O) groups excluding carboxylic acids is 1. The van der Waals surface area contributed by atoms with Crippen LogP contribution < -0.4 is 26.0 Å². The number of anilines is 3. The molecule has 1 amide bonds. The van der Waals surface area contributed by atoms with Crippen molar-refractivity contribution in [2.75, 3.05) is 42.1 Å². The number of pyridine rings is 1. The van der Waals surface area contributed by atoms with Gasteiger partial charge >= 0.3 is 0 Å². The zero-order valence-corrected chi connectivity index (χ0v) is 23.3. The van der Waals surface area contributed by atoms with Gasteiger partial charge in [-0.2, -0.15) is 4.98 Å². The Morgan fingerprint density at radius 2 is 1.85 bits per heavy atom. The predicted octanol–water partition coefficient (Wildman–Crippen LogP) is 2.33. The number of aromatic nitrogens is 3. The fourth-order valence-corrected chi connectivity index (χ4v) is 5.79. The highest BCUT2D eigenvalue weighted by Crippen LogP contribution is 2.24. The van der Waals surface area contributed by atoms with Crippen molar-refractivity contribution < 1.29 is 18.3 Å². The molecule has 39 heavy (non-hydrogen) atoms. The summed E-state index contributed by atoms with van der Waals surface area (Å²) in [4.78, 5) is 26.3. The van der Waals surface area contributed by atoms with E-state index in [2.05, 4.69) is 47.9 Å². The Kier molecular flexibility index (Phi) is 10.4. The Morgan fingerprint density at radius 3 is 2.54 bits per heavy atom. The maximum atomic E-state index is 13.2. The summed E-state index contributed by atoms with van der Waals surface area (Å²) in [6, 6.07) is 2.98. The molecular formula is C26H40N8O4S. The Balaban J connectivity index is 1.42. The molecule has 1 saturated heterocycles.